The highest BCUT2D eigenvalue weighted by atomic mass is 19.1. The summed E-state index contributed by atoms with van der Waals surface area (Å²) in [7, 11) is 0. The smallest absolute Gasteiger partial charge is 0.225 e. The molecule has 7 heteroatoms. The van der Waals surface area contributed by atoms with Crippen LogP contribution in [-0.2, 0) is 9.53 Å². The number of fused-ring (bicyclic) bond motifs is 1. The average Bonchev–Trinajstić information content (AvgIpc) is 3.32. The Balaban J connectivity index is 0.000000139. The maximum atomic E-state index is 13.5. The number of aromatic amines is 1. The zero-order valence-electron chi connectivity index (χ0n) is 17.7. The number of hydrogen-bond donors (Lipinski definition) is 1. The molecule has 168 valence electrons. The van der Waals surface area contributed by atoms with E-state index in [1.54, 1.807) is 18.2 Å². The van der Waals surface area contributed by atoms with Crippen molar-refractivity contribution < 1.29 is 22.7 Å². The Morgan fingerprint density at radius 1 is 1.03 bits per heavy atom. The first-order chi connectivity index (χ1) is 15.4. The highest BCUT2D eigenvalue weighted by Crippen LogP contribution is 2.39. The summed E-state index contributed by atoms with van der Waals surface area (Å²) in [6.07, 6.45) is 4.65. The highest BCUT2D eigenvalue weighted by Gasteiger charge is 2.46. The molecule has 1 aromatic heterocycles. The number of aromatic nitrogens is 1. The molecule has 3 aromatic rings. The predicted molar refractivity (Wildman–Crippen MR) is 115 cm³/mol. The topological polar surface area (TPSA) is 45.3 Å². The number of carbonyl (C=O) groups excluding carboxylic acids is 1. The van der Waals surface area contributed by atoms with Gasteiger partial charge in [-0.25, -0.2) is 13.2 Å². The molecule has 2 saturated heterocycles. The monoisotopic (exact) mass is 442 g/mol. The van der Waals surface area contributed by atoms with Crippen molar-refractivity contribution in [1.82, 2.24) is 9.88 Å². The van der Waals surface area contributed by atoms with Crippen LogP contribution in [0.15, 0.2) is 42.5 Å². The second-order valence-electron chi connectivity index (χ2n) is 9.17. The largest absolute Gasteiger partial charge is 0.380 e. The minimum absolute atomic E-state index is 0.246. The highest BCUT2D eigenvalue weighted by molar-refractivity contribution is 5.86. The number of nitrogens with one attached hydrogen (secondary N) is 1. The average molecular weight is 442 g/mol. The van der Waals surface area contributed by atoms with Gasteiger partial charge in [-0.1, -0.05) is 6.42 Å². The van der Waals surface area contributed by atoms with Crippen molar-refractivity contribution in [2.24, 2.45) is 11.3 Å². The van der Waals surface area contributed by atoms with E-state index in [1.807, 2.05) is 0 Å². The molecule has 32 heavy (non-hydrogen) atoms. The Bertz CT molecular complexity index is 1130. The first kappa shape index (κ1) is 21.1. The number of carbonyl (C=O) groups is 1. The molecule has 1 aliphatic carbocycles. The van der Waals surface area contributed by atoms with Crippen molar-refractivity contribution in [3.8, 4) is 11.3 Å². The van der Waals surface area contributed by atoms with E-state index in [1.165, 1.54) is 24.6 Å². The molecule has 2 aliphatic heterocycles. The van der Waals surface area contributed by atoms with E-state index in [0.29, 0.717) is 33.9 Å². The third-order valence-corrected chi connectivity index (χ3v) is 6.82. The molecule has 0 atom stereocenters. The summed E-state index contributed by atoms with van der Waals surface area (Å²) in [5.74, 6) is -0.818. The maximum Gasteiger partial charge on any atom is 0.225 e. The molecule has 1 saturated carbocycles. The Morgan fingerprint density at radius 3 is 2.38 bits per heavy atom. The van der Waals surface area contributed by atoms with Gasteiger partial charge in [0.15, 0.2) is 0 Å². The lowest BCUT2D eigenvalue weighted by Gasteiger charge is -2.38. The molecule has 3 heterocycles. The first-order valence-corrected chi connectivity index (χ1v) is 11.0. The number of likely N-dealkylation sites (tertiary alicyclic amines) is 1. The Labute approximate surface area is 184 Å². The van der Waals surface area contributed by atoms with Crippen molar-refractivity contribution in [2.75, 3.05) is 26.3 Å². The van der Waals surface area contributed by atoms with Gasteiger partial charge in [0.2, 0.25) is 5.91 Å². The van der Waals surface area contributed by atoms with Crippen LogP contribution < -0.4 is 0 Å². The lowest BCUT2D eigenvalue weighted by Crippen LogP contribution is -2.46. The van der Waals surface area contributed by atoms with Crippen LogP contribution in [0.2, 0.25) is 0 Å². The number of hydrogen-bond acceptors (Lipinski definition) is 2. The predicted octanol–water partition coefficient (Wildman–Crippen LogP) is 5.29. The van der Waals surface area contributed by atoms with Gasteiger partial charge in [0, 0.05) is 41.6 Å². The summed E-state index contributed by atoms with van der Waals surface area (Å²) >= 11 is 0. The Morgan fingerprint density at radius 2 is 1.78 bits per heavy atom. The van der Waals surface area contributed by atoms with Gasteiger partial charge in [-0.05, 0) is 61.2 Å². The van der Waals surface area contributed by atoms with E-state index in [-0.39, 0.29) is 11.3 Å². The Hall–Kier alpha value is -2.80. The van der Waals surface area contributed by atoms with Crippen LogP contribution in [0.4, 0.5) is 13.2 Å². The molecule has 4 nitrogen and oxygen atoms in total. The van der Waals surface area contributed by atoms with Gasteiger partial charge in [-0.3, -0.25) is 4.79 Å². The van der Waals surface area contributed by atoms with E-state index >= 15 is 0 Å². The number of ether oxygens (including phenoxy) is 1. The van der Waals surface area contributed by atoms with Gasteiger partial charge in [0.25, 0.3) is 0 Å². The zero-order valence-corrected chi connectivity index (χ0v) is 17.7. The van der Waals surface area contributed by atoms with E-state index in [4.69, 9.17) is 4.74 Å². The first-order valence-electron chi connectivity index (χ1n) is 11.0. The van der Waals surface area contributed by atoms with Crippen molar-refractivity contribution >= 4 is 16.8 Å². The van der Waals surface area contributed by atoms with Gasteiger partial charge in [-0.15, -0.1) is 0 Å². The molecular weight excluding hydrogens is 417 g/mol. The van der Waals surface area contributed by atoms with Crippen LogP contribution in [0.25, 0.3) is 22.2 Å². The maximum absolute atomic E-state index is 13.5. The minimum Gasteiger partial charge on any atom is -0.380 e. The molecule has 3 aliphatic rings. The van der Waals surface area contributed by atoms with Crippen molar-refractivity contribution in [3.63, 3.8) is 0 Å². The molecular formula is C25H25F3N2O2. The zero-order chi connectivity index (χ0) is 22.3. The molecule has 0 unspecified atom stereocenters. The standard InChI is InChI=1S/C14H8F3N.C11H17NO2/c15-10-3-1-8(2-4-10)13-6-9-5-11(16)7-12(17)14(9)18-13;13-10(9-2-1-3-9)12-5-4-11(6-12)7-14-8-11/h1-7,18H;9H,1-8H2. The lowest BCUT2D eigenvalue weighted by atomic mass is 9.83. The van der Waals surface area contributed by atoms with Crippen LogP contribution in [0.1, 0.15) is 25.7 Å². The summed E-state index contributed by atoms with van der Waals surface area (Å²) in [4.78, 5) is 16.9. The van der Waals surface area contributed by atoms with Crippen molar-refractivity contribution in [3.05, 3.63) is 59.9 Å². The van der Waals surface area contributed by atoms with Crippen LogP contribution in [0.5, 0.6) is 0 Å². The number of rotatable bonds is 2. The second kappa shape index (κ2) is 8.28. The number of amides is 1. The molecule has 1 N–H and O–H groups in total. The molecule has 1 amide bonds. The number of nitrogens with zero attached hydrogens (tertiary/aromatic N) is 1. The summed E-state index contributed by atoms with van der Waals surface area (Å²) in [5, 5.41) is 0.451. The normalized spacial score (nSPS) is 19.4. The van der Waals surface area contributed by atoms with E-state index in [2.05, 4.69) is 9.88 Å². The van der Waals surface area contributed by atoms with Gasteiger partial charge in [0.1, 0.15) is 17.5 Å². The quantitative estimate of drug-likeness (QED) is 0.586. The SMILES string of the molecule is Fc1ccc(-c2cc3cc(F)cc(F)c3[nH]2)cc1.O=C(C1CCC1)N1CCC2(COC2)C1. The number of halogens is 3. The van der Waals surface area contributed by atoms with Gasteiger partial charge >= 0.3 is 0 Å². The fraction of sp³-hybridized carbons (Fsp3) is 0.400. The summed E-state index contributed by atoms with van der Waals surface area (Å²) in [6, 6.07) is 9.50. The third kappa shape index (κ3) is 4.01. The van der Waals surface area contributed by atoms with E-state index in [9.17, 15) is 18.0 Å². The fourth-order valence-electron chi connectivity index (χ4n) is 4.61. The van der Waals surface area contributed by atoms with Gasteiger partial charge in [-0.2, -0.15) is 0 Å². The number of H-pyrrole nitrogens is 1. The molecule has 3 fully saturated rings. The molecule has 6 rings (SSSR count). The summed E-state index contributed by atoms with van der Waals surface area (Å²) < 4.78 is 44.6. The lowest BCUT2D eigenvalue weighted by molar-refractivity contribution is -0.141. The second-order valence-corrected chi connectivity index (χ2v) is 9.17. The number of benzene rings is 2. The summed E-state index contributed by atoms with van der Waals surface area (Å²) in [5.41, 5.74) is 1.94. The van der Waals surface area contributed by atoms with Crippen molar-refractivity contribution in [2.45, 2.75) is 25.7 Å². The molecule has 2 aromatic carbocycles. The molecule has 0 bridgehead atoms. The summed E-state index contributed by atoms with van der Waals surface area (Å²) in [6.45, 7) is 3.68. The minimum atomic E-state index is -0.640. The van der Waals surface area contributed by atoms with E-state index < -0.39 is 11.6 Å². The van der Waals surface area contributed by atoms with Crippen molar-refractivity contribution in [1.29, 1.82) is 0 Å². The molecule has 0 radical (unpaired) electrons. The van der Waals surface area contributed by atoms with Crippen LogP contribution in [0, 0.1) is 28.8 Å². The van der Waals surface area contributed by atoms with Crippen LogP contribution in [-0.4, -0.2) is 42.1 Å². The van der Waals surface area contributed by atoms with Gasteiger partial charge in [0.05, 0.1) is 18.7 Å². The third-order valence-electron chi connectivity index (χ3n) is 6.82. The fourth-order valence-corrected chi connectivity index (χ4v) is 4.61. The van der Waals surface area contributed by atoms with Crippen LogP contribution in [0.3, 0.4) is 0 Å². The Kier molecular flexibility index (Phi) is 5.45. The van der Waals surface area contributed by atoms with Gasteiger partial charge < -0.3 is 14.6 Å². The van der Waals surface area contributed by atoms with Crippen LogP contribution >= 0.6 is 0 Å². The molecule has 1 spiro atoms. The van der Waals surface area contributed by atoms with E-state index in [0.717, 1.165) is 51.6 Å².